The molecule has 2 aromatic carbocycles. The number of azo groups is 2. The lowest BCUT2D eigenvalue weighted by Crippen LogP contribution is -2.17. The lowest BCUT2D eigenvalue weighted by molar-refractivity contribution is 0.949. The number of fused-ring (bicyclic) bond motifs is 1. The number of hydrogen-bond acceptors (Lipinski definition) is 8. The molecule has 31 heavy (non-hydrogen) atoms. The van der Waals surface area contributed by atoms with Crippen LogP contribution in [0.2, 0.25) is 0 Å². The average Bonchev–Trinajstić information content (AvgIpc) is 3.54. The van der Waals surface area contributed by atoms with Crippen LogP contribution >= 0.6 is 22.7 Å². The van der Waals surface area contributed by atoms with Crippen molar-refractivity contribution in [2.24, 2.45) is 20.5 Å². The third-order valence-electron chi connectivity index (χ3n) is 4.88. The molecule has 0 aliphatic carbocycles. The monoisotopic (exact) mass is 443 g/mol. The fourth-order valence-electron chi connectivity index (χ4n) is 3.31. The number of thiazole rings is 1. The van der Waals surface area contributed by atoms with Crippen molar-refractivity contribution in [3.8, 4) is 0 Å². The van der Waals surface area contributed by atoms with Gasteiger partial charge in [0, 0.05) is 18.8 Å². The highest BCUT2D eigenvalue weighted by Gasteiger charge is 2.12. The van der Waals surface area contributed by atoms with Crippen molar-refractivity contribution in [3.05, 3.63) is 66.0 Å². The van der Waals surface area contributed by atoms with Gasteiger partial charge in [0.2, 0.25) is 5.13 Å². The molecule has 1 saturated heterocycles. The van der Waals surface area contributed by atoms with E-state index in [0.717, 1.165) is 33.3 Å². The zero-order valence-corrected chi connectivity index (χ0v) is 18.1. The summed E-state index contributed by atoms with van der Waals surface area (Å²) >= 11 is 2.95. The summed E-state index contributed by atoms with van der Waals surface area (Å²) in [7, 11) is 0. The van der Waals surface area contributed by atoms with Crippen LogP contribution < -0.4 is 4.90 Å². The molecule has 0 amide bonds. The van der Waals surface area contributed by atoms with Gasteiger partial charge in [-0.1, -0.05) is 34.8 Å². The maximum Gasteiger partial charge on any atom is 0.231 e. The number of rotatable bonds is 5. The van der Waals surface area contributed by atoms with Crippen LogP contribution in [-0.4, -0.2) is 18.1 Å². The second kappa shape index (κ2) is 8.71. The summed E-state index contributed by atoms with van der Waals surface area (Å²) in [5.41, 5.74) is 3.36. The first-order valence-corrected chi connectivity index (χ1v) is 11.5. The Morgan fingerprint density at radius 2 is 1.52 bits per heavy atom. The van der Waals surface area contributed by atoms with Crippen molar-refractivity contribution in [2.45, 2.75) is 12.8 Å². The van der Waals surface area contributed by atoms with Gasteiger partial charge in [0.15, 0.2) is 5.69 Å². The number of benzene rings is 2. The summed E-state index contributed by atoms with van der Waals surface area (Å²) in [6.45, 7) is 9.25. The fourth-order valence-corrected chi connectivity index (χ4v) is 5.16. The van der Waals surface area contributed by atoms with Gasteiger partial charge in [-0.05, 0) is 55.3 Å². The molecule has 0 unspecified atom stereocenters. The van der Waals surface area contributed by atoms with Crippen molar-refractivity contribution >= 4 is 65.1 Å². The quantitative estimate of drug-likeness (QED) is 0.230. The predicted molar refractivity (Wildman–Crippen MR) is 126 cm³/mol. The molecule has 0 saturated carbocycles. The third-order valence-corrected chi connectivity index (χ3v) is 6.81. The number of thiophene rings is 1. The van der Waals surface area contributed by atoms with E-state index in [2.05, 4.69) is 47.3 Å². The molecule has 0 radical (unpaired) electrons. The average molecular weight is 444 g/mol. The first kappa shape index (κ1) is 19.5. The maximum absolute atomic E-state index is 6.98. The Balaban J connectivity index is 1.25. The van der Waals surface area contributed by atoms with E-state index in [4.69, 9.17) is 6.57 Å². The van der Waals surface area contributed by atoms with E-state index in [0.29, 0.717) is 16.5 Å². The molecule has 5 rings (SSSR count). The highest BCUT2D eigenvalue weighted by atomic mass is 32.1. The summed E-state index contributed by atoms with van der Waals surface area (Å²) in [6, 6.07) is 17.2. The summed E-state index contributed by atoms with van der Waals surface area (Å²) < 4.78 is 1.01. The van der Waals surface area contributed by atoms with Gasteiger partial charge in [-0.25, -0.2) is 9.83 Å². The van der Waals surface area contributed by atoms with E-state index in [-0.39, 0.29) is 0 Å². The Labute approximate surface area is 187 Å². The van der Waals surface area contributed by atoms with Crippen molar-refractivity contribution in [2.75, 3.05) is 18.0 Å². The van der Waals surface area contributed by atoms with Crippen molar-refractivity contribution in [3.63, 3.8) is 0 Å². The van der Waals surface area contributed by atoms with E-state index >= 15 is 0 Å². The molecule has 7 nitrogen and oxygen atoms in total. The van der Waals surface area contributed by atoms with Gasteiger partial charge in [0.05, 0.1) is 22.6 Å². The third kappa shape index (κ3) is 4.50. The minimum Gasteiger partial charge on any atom is -0.372 e. The van der Waals surface area contributed by atoms with Gasteiger partial charge in [-0.15, -0.1) is 20.5 Å². The highest BCUT2D eigenvalue weighted by molar-refractivity contribution is 7.30. The first-order chi connectivity index (χ1) is 15.3. The molecule has 1 aliphatic rings. The van der Waals surface area contributed by atoms with Crippen LogP contribution in [0.5, 0.6) is 0 Å². The Morgan fingerprint density at radius 3 is 2.19 bits per heavy atom. The van der Waals surface area contributed by atoms with E-state index in [1.165, 1.54) is 41.2 Å². The van der Waals surface area contributed by atoms with Crippen molar-refractivity contribution in [1.82, 2.24) is 4.98 Å². The standard InChI is InChI=1S/C22H17N7S2/c1-23-15-4-6-16(7-5-15)25-27-20-14-19-21(31-20)24-22(30-19)28-26-17-8-10-18(11-9-17)29-12-2-3-13-29/h4-11,14H,2-3,12-13H2. The molecule has 2 aromatic heterocycles. The van der Waals surface area contributed by atoms with Crippen LogP contribution in [0.15, 0.2) is 75.1 Å². The number of aromatic nitrogens is 1. The van der Waals surface area contributed by atoms with Crippen LogP contribution in [-0.2, 0) is 0 Å². The smallest absolute Gasteiger partial charge is 0.231 e. The lowest BCUT2D eigenvalue weighted by Gasteiger charge is -2.17. The second-order valence-electron chi connectivity index (χ2n) is 6.99. The number of hydrogen-bond donors (Lipinski definition) is 0. The van der Waals surface area contributed by atoms with Gasteiger partial charge in [0.1, 0.15) is 9.83 Å². The van der Waals surface area contributed by atoms with Crippen LogP contribution in [0.1, 0.15) is 12.8 Å². The minimum atomic E-state index is 0.587. The van der Waals surface area contributed by atoms with Gasteiger partial charge >= 0.3 is 0 Å². The van der Waals surface area contributed by atoms with Crippen LogP contribution in [0.3, 0.4) is 0 Å². The van der Waals surface area contributed by atoms with Crippen molar-refractivity contribution < 1.29 is 0 Å². The molecular formula is C22H17N7S2. The van der Waals surface area contributed by atoms with Crippen molar-refractivity contribution in [1.29, 1.82) is 0 Å². The largest absolute Gasteiger partial charge is 0.372 e. The number of anilines is 1. The normalized spacial score (nSPS) is 14.2. The van der Waals surface area contributed by atoms with Gasteiger partial charge < -0.3 is 4.90 Å². The van der Waals surface area contributed by atoms with Crippen LogP contribution in [0.25, 0.3) is 14.4 Å². The summed E-state index contributed by atoms with van der Waals surface area (Å²) in [5.74, 6) is 0. The maximum atomic E-state index is 6.98. The van der Waals surface area contributed by atoms with Gasteiger partial charge in [-0.2, -0.15) is 0 Å². The molecule has 0 atom stereocenters. The number of nitrogens with zero attached hydrogens (tertiary/aromatic N) is 7. The summed E-state index contributed by atoms with van der Waals surface area (Å²) in [4.78, 5) is 11.2. The Bertz CT molecular complexity index is 1260. The second-order valence-corrected chi connectivity index (χ2v) is 9.01. The molecule has 152 valence electrons. The Kier molecular flexibility index (Phi) is 5.48. The zero-order valence-electron chi connectivity index (χ0n) is 16.5. The van der Waals surface area contributed by atoms with Crippen LogP contribution in [0, 0.1) is 6.57 Å². The van der Waals surface area contributed by atoms with Gasteiger partial charge in [-0.3, -0.25) is 0 Å². The molecule has 1 aliphatic heterocycles. The van der Waals surface area contributed by atoms with E-state index < -0.39 is 0 Å². The Hall–Kier alpha value is -3.48. The van der Waals surface area contributed by atoms with Gasteiger partial charge in [0.25, 0.3) is 0 Å². The van der Waals surface area contributed by atoms with E-state index in [1.807, 2.05) is 18.2 Å². The van der Waals surface area contributed by atoms with E-state index in [9.17, 15) is 0 Å². The minimum absolute atomic E-state index is 0.587. The molecule has 3 heterocycles. The summed E-state index contributed by atoms with van der Waals surface area (Å²) in [6.07, 6.45) is 2.53. The lowest BCUT2D eigenvalue weighted by atomic mass is 10.2. The SMILES string of the molecule is [C-]#[N+]c1ccc(N=Nc2cc3sc(N=Nc4ccc(N5CCCC5)cc4)nc3s2)cc1. The molecule has 0 spiro atoms. The molecular weight excluding hydrogens is 426 g/mol. The zero-order chi connectivity index (χ0) is 21.0. The fraction of sp³-hybridized carbons (Fsp3) is 0.182. The molecule has 4 aromatic rings. The summed E-state index contributed by atoms with van der Waals surface area (Å²) in [5, 5.41) is 18.5. The molecule has 0 bridgehead atoms. The molecule has 1 fully saturated rings. The molecule has 9 heteroatoms. The highest BCUT2D eigenvalue weighted by Crippen LogP contribution is 2.39. The Morgan fingerprint density at radius 1 is 0.839 bits per heavy atom. The molecule has 0 N–H and O–H groups in total. The predicted octanol–water partition coefficient (Wildman–Crippen LogP) is 8.34. The topological polar surface area (TPSA) is 69.9 Å². The first-order valence-electron chi connectivity index (χ1n) is 9.83. The van der Waals surface area contributed by atoms with Crippen LogP contribution in [0.4, 0.5) is 32.9 Å². The van der Waals surface area contributed by atoms with E-state index in [1.54, 1.807) is 24.3 Å².